The van der Waals surface area contributed by atoms with Gasteiger partial charge >= 0.3 is 0 Å². The Morgan fingerprint density at radius 3 is 2.70 bits per heavy atom. The normalized spacial score (nSPS) is 14.5. The second-order valence-corrected chi connectivity index (χ2v) is 9.41. The van der Waals surface area contributed by atoms with Crippen LogP contribution in [-0.2, 0) is 17.6 Å². The summed E-state index contributed by atoms with van der Waals surface area (Å²) in [5.74, 6) is 0.869. The van der Waals surface area contributed by atoms with E-state index in [1.807, 2.05) is 48.5 Å². The number of hydrogen-bond acceptors (Lipinski definition) is 4. The van der Waals surface area contributed by atoms with Crippen molar-refractivity contribution in [1.82, 2.24) is 9.97 Å². The maximum atomic E-state index is 12.8. The summed E-state index contributed by atoms with van der Waals surface area (Å²) < 4.78 is 6.23. The van der Waals surface area contributed by atoms with Crippen LogP contribution in [0.4, 0.5) is 11.5 Å². The van der Waals surface area contributed by atoms with E-state index in [0.29, 0.717) is 24.6 Å². The number of carbonyl (C=O) groups excluding carboxylic acids is 1. The lowest BCUT2D eigenvalue weighted by molar-refractivity contribution is -0.117. The summed E-state index contributed by atoms with van der Waals surface area (Å²) in [4.78, 5) is 20.5. The number of carbonyl (C=O) groups is 1. The molecule has 1 unspecified atom stereocenters. The van der Waals surface area contributed by atoms with Gasteiger partial charge in [-0.1, -0.05) is 54.6 Å². The molecule has 6 rings (SSSR count). The molecule has 5 aromatic rings. The van der Waals surface area contributed by atoms with Gasteiger partial charge in [0.05, 0.1) is 18.1 Å². The second-order valence-electron chi connectivity index (χ2n) is 9.41. The first-order valence-corrected chi connectivity index (χ1v) is 12.6. The predicted molar refractivity (Wildman–Crippen MR) is 148 cm³/mol. The molecule has 1 atom stereocenters. The molecule has 184 valence electrons. The molecule has 3 heterocycles. The maximum Gasteiger partial charge on any atom is 0.232 e. The molecule has 0 aliphatic carbocycles. The zero-order chi connectivity index (χ0) is 25.2. The van der Waals surface area contributed by atoms with Gasteiger partial charge in [-0.15, -0.1) is 0 Å². The van der Waals surface area contributed by atoms with Crippen molar-refractivity contribution in [2.24, 2.45) is 0 Å². The van der Waals surface area contributed by atoms with Gasteiger partial charge in [-0.25, -0.2) is 4.98 Å². The number of pyridine rings is 1. The second kappa shape index (κ2) is 9.82. The third-order valence-electron chi connectivity index (χ3n) is 7.04. The molecule has 0 bridgehead atoms. The number of fused-ring (bicyclic) bond motifs is 2. The van der Waals surface area contributed by atoms with Crippen LogP contribution in [0.1, 0.15) is 29.0 Å². The van der Waals surface area contributed by atoms with E-state index in [-0.39, 0.29) is 11.8 Å². The van der Waals surface area contributed by atoms with E-state index in [0.717, 1.165) is 46.3 Å². The van der Waals surface area contributed by atoms with Crippen LogP contribution in [0.5, 0.6) is 5.75 Å². The Morgan fingerprint density at radius 2 is 1.81 bits per heavy atom. The molecule has 2 aromatic heterocycles. The monoisotopic (exact) mass is 488 g/mol. The summed E-state index contributed by atoms with van der Waals surface area (Å²) in [5.41, 5.74) is 13.4. The summed E-state index contributed by atoms with van der Waals surface area (Å²) in [5, 5.41) is 4.28. The Kier molecular flexibility index (Phi) is 6.06. The highest BCUT2D eigenvalue weighted by Crippen LogP contribution is 2.41. The molecule has 3 aromatic carbocycles. The zero-order valence-corrected chi connectivity index (χ0v) is 20.4. The molecule has 0 saturated heterocycles. The fraction of sp³-hybridized carbons (Fsp3) is 0.161. The average Bonchev–Trinajstić information content (AvgIpc) is 3.47. The molecule has 37 heavy (non-hydrogen) atoms. The Bertz CT molecular complexity index is 1580. The summed E-state index contributed by atoms with van der Waals surface area (Å²) in [6, 6.07) is 26.2. The van der Waals surface area contributed by atoms with Gasteiger partial charge in [0.25, 0.3) is 0 Å². The van der Waals surface area contributed by atoms with Gasteiger partial charge in [-0.05, 0) is 65.8 Å². The molecule has 0 radical (unpaired) electrons. The first kappa shape index (κ1) is 22.9. The van der Waals surface area contributed by atoms with Crippen molar-refractivity contribution >= 4 is 28.3 Å². The highest BCUT2D eigenvalue weighted by molar-refractivity contribution is 6.03. The van der Waals surface area contributed by atoms with Crippen LogP contribution in [0.3, 0.4) is 0 Å². The summed E-state index contributed by atoms with van der Waals surface area (Å²) >= 11 is 0. The quantitative estimate of drug-likeness (QED) is 0.230. The number of H-pyrrole nitrogens is 1. The van der Waals surface area contributed by atoms with Crippen molar-refractivity contribution in [1.29, 1.82) is 0 Å². The minimum Gasteiger partial charge on any atom is -0.493 e. The average molecular weight is 489 g/mol. The Morgan fingerprint density at radius 1 is 0.973 bits per heavy atom. The van der Waals surface area contributed by atoms with E-state index >= 15 is 0 Å². The van der Waals surface area contributed by atoms with Gasteiger partial charge in [-0.2, -0.15) is 0 Å². The van der Waals surface area contributed by atoms with Gasteiger partial charge in [0, 0.05) is 29.0 Å². The van der Waals surface area contributed by atoms with Gasteiger partial charge < -0.3 is 20.8 Å². The lowest BCUT2D eigenvalue weighted by Gasteiger charge is -2.15. The number of nitrogens with one attached hydrogen (secondary N) is 2. The van der Waals surface area contributed by atoms with Crippen LogP contribution in [0.2, 0.25) is 0 Å². The predicted octanol–water partition coefficient (Wildman–Crippen LogP) is 6.10. The Balaban J connectivity index is 1.21. The van der Waals surface area contributed by atoms with Gasteiger partial charge in [-0.3, -0.25) is 4.79 Å². The summed E-state index contributed by atoms with van der Waals surface area (Å²) in [7, 11) is 0. The number of aryl methyl sites for hydroxylation is 1. The standard InChI is InChI=1S/C31H28N4O2/c32-30-29(21-12-13-27-24(18-21)25(31(36)35-27)17-20-7-2-1-3-8-20)28(14-15-33-30)37-16-6-9-22-19-34-26-11-5-4-10-23(22)26/h1-5,7-8,10-15,18-19,25,34H,6,9,16-17H2,(H2,32,33)(H,35,36). The summed E-state index contributed by atoms with van der Waals surface area (Å²) in [6.07, 6.45) is 6.17. The molecule has 6 heteroatoms. The van der Waals surface area contributed by atoms with Crippen molar-refractivity contribution in [3.8, 4) is 16.9 Å². The number of nitrogens with zero attached hydrogens (tertiary/aromatic N) is 1. The molecular weight excluding hydrogens is 460 g/mol. The Hall–Kier alpha value is -4.58. The van der Waals surface area contributed by atoms with E-state index in [1.54, 1.807) is 6.20 Å². The highest BCUT2D eigenvalue weighted by Gasteiger charge is 2.31. The van der Waals surface area contributed by atoms with Gasteiger partial charge in [0.2, 0.25) is 5.91 Å². The van der Waals surface area contributed by atoms with Crippen LogP contribution in [0.25, 0.3) is 22.0 Å². The minimum absolute atomic E-state index is 0.0175. The fourth-order valence-electron chi connectivity index (χ4n) is 5.19. The van der Waals surface area contributed by atoms with Crippen molar-refractivity contribution in [2.75, 3.05) is 17.7 Å². The number of para-hydroxylation sites is 1. The van der Waals surface area contributed by atoms with E-state index in [4.69, 9.17) is 10.5 Å². The molecule has 1 amide bonds. The maximum absolute atomic E-state index is 12.8. The molecule has 6 nitrogen and oxygen atoms in total. The van der Waals surface area contributed by atoms with Crippen LogP contribution in [-0.4, -0.2) is 22.5 Å². The van der Waals surface area contributed by atoms with Crippen LogP contribution in [0, 0.1) is 0 Å². The number of ether oxygens (including phenoxy) is 1. The van der Waals surface area contributed by atoms with Gasteiger partial charge in [0.15, 0.2) is 0 Å². The van der Waals surface area contributed by atoms with Gasteiger partial charge in [0.1, 0.15) is 11.6 Å². The number of benzene rings is 3. The first-order valence-electron chi connectivity index (χ1n) is 12.6. The number of anilines is 2. The number of nitrogens with two attached hydrogens (primary N) is 1. The number of amides is 1. The van der Waals surface area contributed by atoms with Crippen molar-refractivity contribution in [2.45, 2.75) is 25.2 Å². The zero-order valence-electron chi connectivity index (χ0n) is 20.4. The van der Waals surface area contributed by atoms with Crippen LogP contribution >= 0.6 is 0 Å². The van der Waals surface area contributed by atoms with E-state index in [1.165, 1.54) is 10.9 Å². The summed E-state index contributed by atoms with van der Waals surface area (Å²) in [6.45, 7) is 0.553. The number of aromatic nitrogens is 2. The third-order valence-corrected chi connectivity index (χ3v) is 7.04. The van der Waals surface area contributed by atoms with Crippen molar-refractivity contribution in [3.63, 3.8) is 0 Å². The molecule has 0 spiro atoms. The number of aromatic amines is 1. The molecular formula is C31H28N4O2. The first-order chi connectivity index (χ1) is 18.2. The number of nitrogen functional groups attached to an aromatic ring is 1. The van der Waals surface area contributed by atoms with Crippen LogP contribution in [0.15, 0.2) is 91.3 Å². The SMILES string of the molecule is Nc1nccc(OCCCc2c[nH]c3ccccc23)c1-c1ccc2c(c1)C(Cc1ccccc1)C(=O)N2. The molecule has 4 N–H and O–H groups in total. The van der Waals surface area contributed by atoms with Crippen molar-refractivity contribution in [3.05, 3.63) is 108 Å². The lowest BCUT2D eigenvalue weighted by atomic mass is 9.91. The third kappa shape index (κ3) is 4.54. The van der Waals surface area contributed by atoms with E-state index in [2.05, 4.69) is 51.8 Å². The fourth-order valence-corrected chi connectivity index (χ4v) is 5.19. The van der Waals surface area contributed by atoms with Crippen molar-refractivity contribution < 1.29 is 9.53 Å². The molecule has 1 aliphatic rings. The number of rotatable bonds is 8. The number of hydrogen-bond donors (Lipinski definition) is 3. The van der Waals surface area contributed by atoms with Crippen LogP contribution < -0.4 is 15.8 Å². The van der Waals surface area contributed by atoms with E-state index in [9.17, 15) is 4.79 Å². The topological polar surface area (TPSA) is 93.0 Å². The molecule has 1 aliphatic heterocycles. The lowest BCUT2D eigenvalue weighted by Crippen LogP contribution is -2.14. The smallest absolute Gasteiger partial charge is 0.232 e. The highest BCUT2D eigenvalue weighted by atomic mass is 16.5. The molecule has 0 saturated carbocycles. The minimum atomic E-state index is -0.254. The van der Waals surface area contributed by atoms with E-state index < -0.39 is 0 Å². The largest absolute Gasteiger partial charge is 0.493 e. The Labute approximate surface area is 215 Å². The molecule has 0 fully saturated rings.